The zero-order chi connectivity index (χ0) is 9.97. The number of thioether (sulfide) groups is 1. The molecular weight excluding hydrogens is 194 g/mol. The number of para-hydroxylation sites is 1. The fourth-order valence-electron chi connectivity index (χ4n) is 1.24. The normalized spacial score (nSPS) is 14.9. The molecule has 1 saturated carbocycles. The van der Waals surface area contributed by atoms with Crippen molar-refractivity contribution < 1.29 is 4.74 Å². The van der Waals surface area contributed by atoms with Crippen LogP contribution in [0.3, 0.4) is 0 Å². The maximum absolute atomic E-state index is 8.93. The summed E-state index contributed by atoms with van der Waals surface area (Å²) in [6, 6.07) is 7.85. The summed E-state index contributed by atoms with van der Waals surface area (Å²) in [5.41, 5.74) is 0.642. The minimum atomic E-state index is 0.343. The summed E-state index contributed by atoms with van der Waals surface area (Å²) < 4.78 is 5.73. The van der Waals surface area contributed by atoms with E-state index in [-0.39, 0.29) is 0 Å². The maximum atomic E-state index is 8.93. The molecule has 1 aromatic carbocycles. The zero-order valence-electron chi connectivity index (χ0n) is 7.99. The molecule has 0 bridgehead atoms. The quantitative estimate of drug-likeness (QED) is 0.711. The summed E-state index contributed by atoms with van der Waals surface area (Å²) in [6.45, 7) is 0. The highest BCUT2D eigenvalue weighted by Crippen LogP contribution is 2.35. The van der Waals surface area contributed by atoms with Gasteiger partial charge in [0, 0.05) is 0 Å². The lowest BCUT2D eigenvalue weighted by molar-refractivity contribution is 0.295. The van der Waals surface area contributed by atoms with E-state index in [1.54, 1.807) is 17.8 Å². The molecule has 0 radical (unpaired) electrons. The monoisotopic (exact) mass is 205 g/mol. The molecule has 2 nitrogen and oxygen atoms in total. The molecule has 1 aliphatic carbocycles. The molecule has 2 rings (SSSR count). The van der Waals surface area contributed by atoms with Gasteiger partial charge in [-0.3, -0.25) is 0 Å². The second-order valence-corrected chi connectivity index (χ2v) is 4.11. The molecule has 3 heteroatoms. The lowest BCUT2D eigenvalue weighted by Gasteiger charge is -2.10. The first kappa shape index (κ1) is 9.42. The molecule has 14 heavy (non-hydrogen) atoms. The molecule has 0 heterocycles. The molecule has 0 aliphatic heterocycles. The van der Waals surface area contributed by atoms with Gasteiger partial charge in [0.15, 0.2) is 5.75 Å². The van der Waals surface area contributed by atoms with Gasteiger partial charge in [0.2, 0.25) is 0 Å². The van der Waals surface area contributed by atoms with E-state index in [4.69, 9.17) is 10.00 Å². The zero-order valence-corrected chi connectivity index (χ0v) is 8.80. The molecule has 0 aromatic heterocycles. The predicted molar refractivity (Wildman–Crippen MR) is 56.6 cm³/mol. The van der Waals surface area contributed by atoms with Gasteiger partial charge in [-0.15, -0.1) is 11.8 Å². The molecule has 72 valence electrons. The Kier molecular flexibility index (Phi) is 2.64. The summed E-state index contributed by atoms with van der Waals surface area (Å²) in [7, 11) is 0. The first-order valence-electron chi connectivity index (χ1n) is 4.59. The summed E-state index contributed by atoms with van der Waals surface area (Å²) in [5, 5.41) is 8.93. The lowest BCUT2D eigenvalue weighted by atomic mass is 10.2. The Morgan fingerprint density at radius 2 is 2.29 bits per heavy atom. The van der Waals surface area contributed by atoms with Crippen LogP contribution in [-0.2, 0) is 0 Å². The number of ether oxygens (including phenoxy) is 1. The smallest absolute Gasteiger partial charge is 0.151 e. The van der Waals surface area contributed by atoms with Crippen molar-refractivity contribution in [3.8, 4) is 11.8 Å². The molecule has 1 fully saturated rings. The van der Waals surface area contributed by atoms with Gasteiger partial charge in [0.1, 0.15) is 6.07 Å². The highest BCUT2D eigenvalue weighted by atomic mass is 32.2. The van der Waals surface area contributed by atoms with Crippen molar-refractivity contribution in [1.29, 1.82) is 5.26 Å². The number of hydrogen-bond acceptors (Lipinski definition) is 3. The van der Waals surface area contributed by atoms with E-state index in [9.17, 15) is 0 Å². The van der Waals surface area contributed by atoms with Crippen molar-refractivity contribution in [2.45, 2.75) is 23.8 Å². The Hall–Kier alpha value is -1.14. The van der Waals surface area contributed by atoms with E-state index < -0.39 is 0 Å². The first-order valence-corrected chi connectivity index (χ1v) is 5.81. The summed E-state index contributed by atoms with van der Waals surface area (Å²) in [6.07, 6.45) is 4.58. The van der Waals surface area contributed by atoms with Gasteiger partial charge >= 0.3 is 0 Å². The van der Waals surface area contributed by atoms with Crippen molar-refractivity contribution >= 4 is 11.8 Å². The van der Waals surface area contributed by atoms with Gasteiger partial charge in [0.25, 0.3) is 0 Å². The van der Waals surface area contributed by atoms with Crippen LogP contribution < -0.4 is 4.74 Å². The number of rotatable bonds is 3. The van der Waals surface area contributed by atoms with Crippen LogP contribution in [0.4, 0.5) is 0 Å². The van der Waals surface area contributed by atoms with Crippen LogP contribution in [0.2, 0.25) is 0 Å². The standard InChI is InChI=1S/C11H11NOS/c1-14-10-4-2-3-8(7-12)11(10)13-9-5-6-9/h2-4,9H,5-6H2,1H3. The fraction of sp³-hybridized carbons (Fsp3) is 0.364. The minimum absolute atomic E-state index is 0.343. The van der Waals surface area contributed by atoms with Crippen LogP contribution in [0, 0.1) is 11.3 Å². The first-order chi connectivity index (χ1) is 6.85. The fourth-order valence-corrected chi connectivity index (χ4v) is 1.80. The van der Waals surface area contributed by atoms with Gasteiger partial charge in [0.05, 0.1) is 16.6 Å². The summed E-state index contributed by atoms with van der Waals surface area (Å²) in [4.78, 5) is 1.05. The van der Waals surface area contributed by atoms with Gasteiger partial charge in [-0.05, 0) is 31.2 Å². The van der Waals surface area contributed by atoms with Gasteiger partial charge in [-0.2, -0.15) is 5.26 Å². The molecule has 0 amide bonds. The van der Waals surface area contributed by atoms with E-state index in [0.29, 0.717) is 11.7 Å². The van der Waals surface area contributed by atoms with Crippen molar-refractivity contribution in [2.75, 3.05) is 6.26 Å². The average Bonchev–Trinajstić information content (AvgIpc) is 3.02. The Balaban J connectivity index is 2.35. The molecule has 0 N–H and O–H groups in total. The molecule has 0 spiro atoms. The summed E-state index contributed by atoms with van der Waals surface area (Å²) in [5.74, 6) is 0.769. The van der Waals surface area contributed by atoms with Crippen LogP contribution in [0.1, 0.15) is 18.4 Å². The van der Waals surface area contributed by atoms with Crippen molar-refractivity contribution in [3.63, 3.8) is 0 Å². The predicted octanol–water partition coefficient (Wildman–Crippen LogP) is 2.82. The molecule has 0 unspecified atom stereocenters. The SMILES string of the molecule is CSc1cccc(C#N)c1OC1CC1. The third-order valence-corrected chi connectivity index (χ3v) is 2.89. The second kappa shape index (κ2) is 3.93. The second-order valence-electron chi connectivity index (χ2n) is 3.27. The van der Waals surface area contributed by atoms with E-state index in [2.05, 4.69) is 6.07 Å². The number of benzene rings is 1. The highest BCUT2D eigenvalue weighted by molar-refractivity contribution is 7.98. The van der Waals surface area contributed by atoms with Crippen LogP contribution in [0.5, 0.6) is 5.75 Å². The number of nitrogens with zero attached hydrogens (tertiary/aromatic N) is 1. The molecule has 1 aliphatic rings. The van der Waals surface area contributed by atoms with Crippen molar-refractivity contribution in [1.82, 2.24) is 0 Å². The van der Waals surface area contributed by atoms with Crippen LogP contribution in [-0.4, -0.2) is 12.4 Å². The van der Waals surface area contributed by atoms with Crippen LogP contribution in [0.25, 0.3) is 0 Å². The van der Waals surface area contributed by atoms with E-state index in [1.807, 2.05) is 18.4 Å². The van der Waals surface area contributed by atoms with E-state index in [0.717, 1.165) is 23.5 Å². The Bertz CT molecular complexity index is 379. The van der Waals surface area contributed by atoms with Gasteiger partial charge in [-0.1, -0.05) is 6.07 Å². The number of nitriles is 1. The Labute approximate surface area is 87.9 Å². The van der Waals surface area contributed by atoms with Crippen LogP contribution >= 0.6 is 11.8 Å². The third kappa shape index (κ3) is 1.85. The summed E-state index contributed by atoms with van der Waals surface area (Å²) >= 11 is 1.62. The van der Waals surface area contributed by atoms with Gasteiger partial charge in [-0.25, -0.2) is 0 Å². The molecule has 0 saturated heterocycles. The van der Waals surface area contributed by atoms with E-state index in [1.165, 1.54) is 0 Å². The average molecular weight is 205 g/mol. The molecular formula is C11H11NOS. The van der Waals surface area contributed by atoms with Crippen molar-refractivity contribution in [3.05, 3.63) is 23.8 Å². The van der Waals surface area contributed by atoms with Crippen molar-refractivity contribution in [2.24, 2.45) is 0 Å². The number of hydrogen-bond donors (Lipinski definition) is 0. The third-order valence-electron chi connectivity index (χ3n) is 2.13. The maximum Gasteiger partial charge on any atom is 0.151 e. The van der Waals surface area contributed by atoms with Gasteiger partial charge < -0.3 is 4.74 Å². The largest absolute Gasteiger partial charge is 0.488 e. The minimum Gasteiger partial charge on any atom is -0.488 e. The van der Waals surface area contributed by atoms with E-state index >= 15 is 0 Å². The topological polar surface area (TPSA) is 33.0 Å². The Morgan fingerprint density at radius 3 is 2.86 bits per heavy atom. The van der Waals surface area contributed by atoms with Crippen LogP contribution in [0.15, 0.2) is 23.1 Å². The molecule has 0 atom stereocenters. The lowest BCUT2D eigenvalue weighted by Crippen LogP contribution is -1.99. The Morgan fingerprint density at radius 1 is 1.50 bits per heavy atom. The molecule has 1 aromatic rings. The highest BCUT2D eigenvalue weighted by Gasteiger charge is 2.25.